The largest absolute Gasteiger partial charge is 0.508 e. The fourth-order valence-corrected chi connectivity index (χ4v) is 6.59. The van der Waals surface area contributed by atoms with Crippen LogP contribution in [0.15, 0.2) is 181 Å². The zero-order valence-electron chi connectivity index (χ0n) is 44.8. The van der Waals surface area contributed by atoms with Crippen LogP contribution in [0.5, 0.6) is 69.0 Å². The number of ketones is 3. The van der Waals surface area contributed by atoms with E-state index in [1.54, 1.807) is 109 Å². The number of aliphatic hydroxyl groups excluding tert-OH is 3. The number of phenolic OH excluding ortho intramolecular Hbond substituents is 6. The van der Waals surface area contributed by atoms with Crippen molar-refractivity contribution in [1.82, 2.24) is 0 Å². The normalized spacial score (nSPS) is 11.9. The summed E-state index contributed by atoms with van der Waals surface area (Å²) in [5.41, 5.74) is 4.05. The summed E-state index contributed by atoms with van der Waals surface area (Å²) in [5.74, 6) is 0.00490. The van der Waals surface area contributed by atoms with Gasteiger partial charge in [0.1, 0.15) is 17.3 Å². The standard InChI is InChI=1S/3C21H20O6/c3*1-26-20-11-14(5-9-18(20)24)3-7-16(22)13-17(23)8-4-15-6-10-19(25)21(12-15)27-2/h3*3-13,22,24-25H,1-2H3/b3*7-3+,8-4+,16-13?. The Bertz CT molecular complexity index is 3090. The van der Waals surface area contributed by atoms with Crippen LogP contribution >= 0.6 is 0 Å². The lowest BCUT2D eigenvalue weighted by Crippen LogP contribution is -1.89. The van der Waals surface area contributed by atoms with E-state index in [-0.39, 0.29) is 51.8 Å². The molecule has 6 rings (SSSR count). The van der Waals surface area contributed by atoms with Crippen LogP contribution in [0, 0.1) is 0 Å². The molecule has 420 valence electrons. The predicted octanol–water partition coefficient (Wildman–Crippen LogP) is 11.6. The summed E-state index contributed by atoms with van der Waals surface area (Å²) in [6.07, 6.45) is 20.5. The number of hydrogen-bond acceptors (Lipinski definition) is 18. The summed E-state index contributed by atoms with van der Waals surface area (Å²) >= 11 is 0. The number of rotatable bonds is 21. The first-order valence-corrected chi connectivity index (χ1v) is 23.9. The quantitative estimate of drug-likeness (QED) is 0.0184. The lowest BCUT2D eigenvalue weighted by Gasteiger charge is -2.03. The average Bonchev–Trinajstić information content (AvgIpc) is 3.46. The van der Waals surface area contributed by atoms with Gasteiger partial charge >= 0.3 is 0 Å². The topological polar surface area (TPSA) is 289 Å². The number of methoxy groups -OCH3 is 6. The number of hydrogen-bond donors (Lipinski definition) is 9. The molecule has 0 heterocycles. The van der Waals surface area contributed by atoms with Gasteiger partial charge in [-0.3, -0.25) is 14.4 Å². The molecule has 81 heavy (non-hydrogen) atoms. The van der Waals surface area contributed by atoms with Crippen molar-refractivity contribution >= 4 is 53.8 Å². The monoisotopic (exact) mass is 1100 g/mol. The Kier molecular flexibility index (Phi) is 24.6. The molecule has 0 fully saturated rings. The molecule has 0 unspecified atom stereocenters. The molecule has 6 aromatic carbocycles. The highest BCUT2D eigenvalue weighted by molar-refractivity contribution is 6.03. The van der Waals surface area contributed by atoms with Crippen molar-refractivity contribution in [3.63, 3.8) is 0 Å². The van der Waals surface area contributed by atoms with Gasteiger partial charge < -0.3 is 74.4 Å². The van der Waals surface area contributed by atoms with Crippen molar-refractivity contribution in [2.45, 2.75) is 0 Å². The van der Waals surface area contributed by atoms with Gasteiger partial charge in [-0.15, -0.1) is 0 Å². The van der Waals surface area contributed by atoms with Gasteiger partial charge in [-0.2, -0.15) is 0 Å². The smallest absolute Gasteiger partial charge is 0.182 e. The number of ether oxygens (including phenoxy) is 6. The molecule has 0 amide bonds. The zero-order chi connectivity index (χ0) is 59.4. The van der Waals surface area contributed by atoms with Crippen LogP contribution in [0.1, 0.15) is 33.4 Å². The van der Waals surface area contributed by atoms with Crippen molar-refractivity contribution in [2.75, 3.05) is 42.7 Å². The van der Waals surface area contributed by atoms with Crippen molar-refractivity contribution < 1.29 is 88.8 Å². The van der Waals surface area contributed by atoms with Crippen molar-refractivity contribution in [3.8, 4) is 69.0 Å². The second kappa shape index (κ2) is 31.9. The van der Waals surface area contributed by atoms with Gasteiger partial charge in [-0.05, 0) is 143 Å². The molecule has 0 spiro atoms. The van der Waals surface area contributed by atoms with Gasteiger partial charge in [-0.1, -0.05) is 72.9 Å². The second-order valence-electron chi connectivity index (χ2n) is 16.5. The van der Waals surface area contributed by atoms with E-state index in [9.17, 15) is 60.3 Å². The van der Waals surface area contributed by atoms with E-state index >= 15 is 0 Å². The number of allylic oxidation sites excluding steroid dienone is 9. The number of phenols is 6. The summed E-state index contributed by atoms with van der Waals surface area (Å²) in [5, 5.41) is 86.9. The van der Waals surface area contributed by atoms with Crippen LogP contribution in [-0.4, -0.2) is 106 Å². The lowest BCUT2D eigenvalue weighted by molar-refractivity contribution is -0.111. The molecule has 9 N–H and O–H groups in total. The Morgan fingerprint density at radius 3 is 0.605 bits per heavy atom. The Morgan fingerprint density at radius 2 is 0.444 bits per heavy atom. The molecule has 0 aliphatic carbocycles. The van der Waals surface area contributed by atoms with Crippen LogP contribution < -0.4 is 28.4 Å². The van der Waals surface area contributed by atoms with Gasteiger partial charge in [0, 0.05) is 18.2 Å². The van der Waals surface area contributed by atoms with E-state index in [0.29, 0.717) is 67.9 Å². The van der Waals surface area contributed by atoms with Gasteiger partial charge in [0.15, 0.2) is 86.3 Å². The van der Waals surface area contributed by atoms with Crippen LogP contribution in [0.25, 0.3) is 36.5 Å². The van der Waals surface area contributed by atoms with E-state index in [1.165, 1.54) is 116 Å². The molecular weight excluding hydrogens is 1040 g/mol. The highest BCUT2D eigenvalue weighted by Gasteiger charge is 2.07. The number of aliphatic hydroxyl groups is 3. The highest BCUT2D eigenvalue weighted by Crippen LogP contribution is 2.31. The lowest BCUT2D eigenvalue weighted by atomic mass is 10.1. The van der Waals surface area contributed by atoms with Gasteiger partial charge in [-0.25, -0.2) is 0 Å². The molecule has 0 saturated carbocycles. The molecule has 18 nitrogen and oxygen atoms in total. The Morgan fingerprint density at radius 1 is 0.284 bits per heavy atom. The minimum Gasteiger partial charge on any atom is -0.508 e. The van der Waals surface area contributed by atoms with Gasteiger partial charge in [0.2, 0.25) is 0 Å². The van der Waals surface area contributed by atoms with Gasteiger partial charge in [0.05, 0.1) is 42.7 Å². The number of aromatic hydroxyl groups is 6. The fourth-order valence-electron chi connectivity index (χ4n) is 6.59. The second-order valence-corrected chi connectivity index (χ2v) is 16.5. The third-order valence-electron chi connectivity index (χ3n) is 10.8. The van der Waals surface area contributed by atoms with Crippen LogP contribution in [0.3, 0.4) is 0 Å². The van der Waals surface area contributed by atoms with Gasteiger partial charge in [0.25, 0.3) is 0 Å². The zero-order valence-corrected chi connectivity index (χ0v) is 44.8. The molecule has 0 radical (unpaired) electrons. The highest BCUT2D eigenvalue weighted by atomic mass is 16.5. The third-order valence-corrected chi connectivity index (χ3v) is 10.8. The minimum atomic E-state index is -0.410. The van der Waals surface area contributed by atoms with Crippen LogP contribution in [-0.2, 0) is 14.4 Å². The molecule has 0 saturated heterocycles. The molecule has 0 atom stereocenters. The number of carbonyl (C=O) groups excluding carboxylic acids is 3. The summed E-state index contributed by atoms with van der Waals surface area (Å²) in [7, 11) is 8.62. The summed E-state index contributed by atoms with van der Waals surface area (Å²) in [4.78, 5) is 35.7. The molecule has 18 heteroatoms. The molecule has 0 aliphatic heterocycles. The molecule has 6 aromatic rings. The van der Waals surface area contributed by atoms with Crippen LogP contribution in [0.4, 0.5) is 0 Å². The molecule has 0 aliphatic rings. The maximum absolute atomic E-state index is 11.9. The maximum atomic E-state index is 11.9. The van der Waals surface area contributed by atoms with Crippen molar-refractivity contribution in [3.05, 3.63) is 215 Å². The first-order chi connectivity index (χ1) is 38.8. The van der Waals surface area contributed by atoms with Crippen LogP contribution in [0.2, 0.25) is 0 Å². The SMILES string of the molecule is COc1cc(/C=C/C(=O)C=C(O)/C=C/c2ccc(O)c(OC)c2)ccc1O.COc1cc(/C=C/C(=O)C=C(O)/C=C/c2ccc(O)c(OC)c2)ccc1O.COc1cc(/C=C/C(=O)C=C(O)/C=C/c2ccc(O)c(OC)c2)ccc1O. The molecular formula is C63H60O18. The fraction of sp³-hybridized carbons (Fsp3) is 0.0952. The number of carbonyl (C=O) groups is 3. The summed E-state index contributed by atoms with van der Waals surface area (Å²) in [6, 6.07) is 28.2. The maximum Gasteiger partial charge on any atom is 0.182 e. The van der Waals surface area contributed by atoms with E-state index in [1.807, 2.05) is 0 Å². The summed E-state index contributed by atoms with van der Waals surface area (Å²) in [6.45, 7) is 0. The first-order valence-electron chi connectivity index (χ1n) is 23.9. The first kappa shape index (κ1) is 62.5. The average molecular weight is 1110 g/mol. The molecule has 0 bridgehead atoms. The van der Waals surface area contributed by atoms with E-state index < -0.39 is 17.3 Å². The third kappa shape index (κ3) is 21.1. The Hall–Kier alpha value is -11.0. The Labute approximate surface area is 467 Å². The predicted molar refractivity (Wildman–Crippen MR) is 309 cm³/mol. The Balaban J connectivity index is 0.000000261. The van der Waals surface area contributed by atoms with E-state index in [0.717, 1.165) is 18.2 Å². The van der Waals surface area contributed by atoms with E-state index in [2.05, 4.69) is 0 Å². The minimum absolute atomic E-state index is 0.00881. The molecule has 0 aromatic heterocycles. The van der Waals surface area contributed by atoms with E-state index in [4.69, 9.17) is 28.4 Å². The summed E-state index contributed by atoms with van der Waals surface area (Å²) < 4.78 is 30.0. The van der Waals surface area contributed by atoms with Crippen molar-refractivity contribution in [2.24, 2.45) is 0 Å². The van der Waals surface area contributed by atoms with Crippen molar-refractivity contribution in [1.29, 1.82) is 0 Å². The number of benzene rings is 6.